The van der Waals surface area contributed by atoms with Crippen LogP contribution < -0.4 is 0 Å². The molecule has 0 aromatic heterocycles. The molecule has 0 aliphatic heterocycles. The van der Waals surface area contributed by atoms with Gasteiger partial charge in [-0.2, -0.15) is 0 Å². The topological polar surface area (TPSA) is 40.5 Å². The van der Waals surface area contributed by atoms with Crippen LogP contribution in [0.2, 0.25) is 0 Å². The molecule has 5 fully saturated rings. The van der Waals surface area contributed by atoms with E-state index in [-0.39, 0.29) is 6.10 Å². The highest BCUT2D eigenvalue weighted by Gasteiger charge is 2.66. The van der Waals surface area contributed by atoms with E-state index < -0.39 is 5.60 Å². The Labute approximate surface area is 103 Å². The Morgan fingerprint density at radius 2 is 1.82 bits per heavy atom. The zero-order valence-electron chi connectivity index (χ0n) is 10.7. The maximum Gasteiger partial charge on any atom is 0.0734 e. The minimum Gasteiger partial charge on any atom is -0.393 e. The normalized spacial score (nSPS) is 64.1. The number of hydrogen-bond donors (Lipinski definition) is 2. The molecule has 0 aromatic carbocycles. The SMILES string of the molecule is CCC1C2CC3CC1C1(O)CC(O)CC2C1C3. The summed E-state index contributed by atoms with van der Waals surface area (Å²) in [6, 6.07) is 0. The van der Waals surface area contributed by atoms with E-state index in [2.05, 4.69) is 6.92 Å². The molecule has 5 aliphatic carbocycles. The first-order valence-electron chi connectivity index (χ1n) is 7.54. The van der Waals surface area contributed by atoms with E-state index in [4.69, 9.17) is 0 Å². The van der Waals surface area contributed by atoms with E-state index in [1.807, 2.05) is 0 Å². The van der Waals surface area contributed by atoms with Gasteiger partial charge >= 0.3 is 0 Å². The lowest BCUT2D eigenvalue weighted by Gasteiger charge is -2.68. The summed E-state index contributed by atoms with van der Waals surface area (Å²) in [5.41, 5.74) is -0.504. The van der Waals surface area contributed by atoms with Crippen molar-refractivity contribution in [3.8, 4) is 0 Å². The smallest absolute Gasteiger partial charge is 0.0734 e. The summed E-state index contributed by atoms with van der Waals surface area (Å²) in [6.07, 6.45) is 6.49. The standard InChI is InChI=1S/C15H24O2/c1-2-10-11-3-8-4-13(10)15(17)7-9(16)6-12(11)14(15)5-8/h8-14,16-17H,2-7H2,1H3. The summed E-state index contributed by atoms with van der Waals surface area (Å²) in [6.45, 7) is 2.29. The van der Waals surface area contributed by atoms with Crippen molar-refractivity contribution >= 4 is 0 Å². The molecule has 5 rings (SSSR count). The summed E-state index contributed by atoms with van der Waals surface area (Å²) >= 11 is 0. The van der Waals surface area contributed by atoms with Crippen molar-refractivity contribution in [3.05, 3.63) is 0 Å². The van der Waals surface area contributed by atoms with Gasteiger partial charge in [0.05, 0.1) is 11.7 Å². The Morgan fingerprint density at radius 3 is 2.59 bits per heavy atom. The fourth-order valence-electron chi connectivity index (χ4n) is 6.43. The minimum absolute atomic E-state index is 0.237. The monoisotopic (exact) mass is 236 g/mol. The maximum atomic E-state index is 11.1. The Hall–Kier alpha value is -0.0800. The first kappa shape index (κ1) is 10.8. The molecule has 0 aromatic rings. The lowest BCUT2D eigenvalue weighted by molar-refractivity contribution is -0.264. The van der Waals surface area contributed by atoms with Crippen LogP contribution in [0.3, 0.4) is 0 Å². The zero-order valence-corrected chi connectivity index (χ0v) is 10.7. The van der Waals surface area contributed by atoms with Crippen LogP contribution in [-0.2, 0) is 0 Å². The highest BCUT2D eigenvalue weighted by Crippen LogP contribution is 2.67. The third-order valence-corrected chi connectivity index (χ3v) is 6.78. The molecule has 0 spiro atoms. The van der Waals surface area contributed by atoms with Gasteiger partial charge in [-0.15, -0.1) is 0 Å². The highest BCUT2D eigenvalue weighted by molar-refractivity contribution is 5.15. The van der Waals surface area contributed by atoms with Crippen molar-refractivity contribution in [3.63, 3.8) is 0 Å². The molecule has 5 aliphatic rings. The average molecular weight is 236 g/mol. The number of rotatable bonds is 1. The molecule has 2 N–H and O–H groups in total. The van der Waals surface area contributed by atoms with Gasteiger partial charge in [0, 0.05) is 6.42 Å². The summed E-state index contributed by atoms with van der Waals surface area (Å²) in [4.78, 5) is 0. The number of aliphatic hydroxyl groups is 2. The van der Waals surface area contributed by atoms with E-state index in [0.717, 1.165) is 24.2 Å². The van der Waals surface area contributed by atoms with Crippen LogP contribution in [0.15, 0.2) is 0 Å². The molecule has 0 radical (unpaired) electrons. The van der Waals surface area contributed by atoms with Gasteiger partial charge in [-0.3, -0.25) is 0 Å². The molecule has 0 saturated heterocycles. The van der Waals surface area contributed by atoms with E-state index in [0.29, 0.717) is 24.2 Å². The fraction of sp³-hybridized carbons (Fsp3) is 1.00. The summed E-state index contributed by atoms with van der Waals surface area (Å²) in [7, 11) is 0. The molecule has 2 nitrogen and oxygen atoms in total. The predicted molar refractivity (Wildman–Crippen MR) is 65.3 cm³/mol. The minimum atomic E-state index is -0.504. The molecule has 2 heteroatoms. The van der Waals surface area contributed by atoms with E-state index in [1.165, 1.54) is 25.7 Å². The Bertz CT molecular complexity index is 342. The number of aliphatic hydroxyl groups excluding tert-OH is 1. The second kappa shape index (κ2) is 3.27. The van der Waals surface area contributed by atoms with Crippen molar-refractivity contribution in [2.24, 2.45) is 35.5 Å². The van der Waals surface area contributed by atoms with Gasteiger partial charge in [0.2, 0.25) is 0 Å². The van der Waals surface area contributed by atoms with Gasteiger partial charge in [0.15, 0.2) is 0 Å². The molecular formula is C15H24O2. The maximum absolute atomic E-state index is 11.1. The molecule has 8 unspecified atom stereocenters. The Balaban J connectivity index is 1.80. The molecule has 96 valence electrons. The van der Waals surface area contributed by atoms with Crippen LogP contribution in [0, 0.1) is 35.5 Å². The van der Waals surface area contributed by atoms with Gasteiger partial charge in [0.1, 0.15) is 0 Å². The van der Waals surface area contributed by atoms with Crippen molar-refractivity contribution in [2.45, 2.75) is 57.2 Å². The van der Waals surface area contributed by atoms with Gasteiger partial charge < -0.3 is 10.2 Å². The molecule has 0 heterocycles. The fourth-order valence-corrected chi connectivity index (χ4v) is 6.43. The predicted octanol–water partition coefficient (Wildman–Crippen LogP) is 2.19. The molecular weight excluding hydrogens is 212 g/mol. The van der Waals surface area contributed by atoms with Crippen LogP contribution in [0.5, 0.6) is 0 Å². The van der Waals surface area contributed by atoms with Crippen molar-refractivity contribution < 1.29 is 10.2 Å². The number of hydrogen-bond acceptors (Lipinski definition) is 2. The third kappa shape index (κ3) is 1.19. The van der Waals surface area contributed by atoms with E-state index >= 15 is 0 Å². The van der Waals surface area contributed by atoms with Crippen LogP contribution in [0.4, 0.5) is 0 Å². The van der Waals surface area contributed by atoms with Gasteiger partial charge in [-0.05, 0) is 61.2 Å². The first-order valence-corrected chi connectivity index (χ1v) is 7.54. The van der Waals surface area contributed by atoms with Gasteiger partial charge in [-0.1, -0.05) is 13.3 Å². The largest absolute Gasteiger partial charge is 0.393 e. The average Bonchev–Trinajstić information content (AvgIpc) is 2.29. The van der Waals surface area contributed by atoms with Gasteiger partial charge in [0.25, 0.3) is 0 Å². The molecule has 6 bridgehead atoms. The van der Waals surface area contributed by atoms with Crippen molar-refractivity contribution in [2.75, 3.05) is 0 Å². The third-order valence-electron chi connectivity index (χ3n) is 6.78. The Kier molecular flexibility index (Phi) is 2.08. The molecule has 5 saturated carbocycles. The highest BCUT2D eigenvalue weighted by atomic mass is 16.3. The van der Waals surface area contributed by atoms with Crippen LogP contribution in [-0.4, -0.2) is 21.9 Å². The van der Waals surface area contributed by atoms with Gasteiger partial charge in [-0.25, -0.2) is 0 Å². The van der Waals surface area contributed by atoms with Crippen LogP contribution in [0.25, 0.3) is 0 Å². The molecule has 17 heavy (non-hydrogen) atoms. The quantitative estimate of drug-likeness (QED) is 0.732. The van der Waals surface area contributed by atoms with Crippen molar-refractivity contribution in [1.29, 1.82) is 0 Å². The van der Waals surface area contributed by atoms with Crippen molar-refractivity contribution in [1.82, 2.24) is 0 Å². The van der Waals surface area contributed by atoms with E-state index in [1.54, 1.807) is 0 Å². The Morgan fingerprint density at radius 1 is 1.06 bits per heavy atom. The van der Waals surface area contributed by atoms with E-state index in [9.17, 15) is 10.2 Å². The zero-order chi connectivity index (χ0) is 11.8. The second-order valence-electron chi connectivity index (χ2n) is 7.27. The lowest BCUT2D eigenvalue weighted by Crippen LogP contribution is -2.68. The molecule has 8 atom stereocenters. The lowest BCUT2D eigenvalue weighted by atomic mass is 9.39. The first-order chi connectivity index (χ1) is 8.13. The van der Waals surface area contributed by atoms with Crippen LogP contribution in [0.1, 0.15) is 45.4 Å². The van der Waals surface area contributed by atoms with Crippen LogP contribution >= 0.6 is 0 Å². The second-order valence-corrected chi connectivity index (χ2v) is 7.27. The molecule has 0 amide bonds. The summed E-state index contributed by atoms with van der Waals surface area (Å²) in [5, 5.41) is 21.2. The summed E-state index contributed by atoms with van der Waals surface area (Å²) < 4.78 is 0. The summed E-state index contributed by atoms with van der Waals surface area (Å²) in [5.74, 6) is 4.10.